The molecule has 198 valence electrons. The van der Waals surface area contributed by atoms with Gasteiger partial charge in [0.15, 0.2) is 0 Å². The summed E-state index contributed by atoms with van der Waals surface area (Å²) >= 11 is 6.18. The molecule has 39 heavy (non-hydrogen) atoms. The summed E-state index contributed by atoms with van der Waals surface area (Å²) in [6, 6.07) is 34.1. The molecule has 1 amide bonds. The first-order valence-electron chi connectivity index (χ1n) is 13.4. The lowest BCUT2D eigenvalue weighted by Gasteiger charge is -2.11. The van der Waals surface area contributed by atoms with Crippen LogP contribution in [-0.2, 0) is 24.2 Å². The van der Waals surface area contributed by atoms with E-state index in [0.717, 1.165) is 53.1 Å². The summed E-state index contributed by atoms with van der Waals surface area (Å²) in [5.41, 5.74) is 5.41. The van der Waals surface area contributed by atoms with Gasteiger partial charge in [-0.25, -0.2) is 4.98 Å². The van der Waals surface area contributed by atoms with E-state index in [1.165, 1.54) is 5.56 Å². The Labute approximate surface area is 234 Å². The minimum atomic E-state index is 0.0156. The molecule has 4 aromatic carbocycles. The monoisotopic (exact) mass is 537 g/mol. The highest BCUT2D eigenvalue weighted by Gasteiger charge is 2.11. The second kappa shape index (κ2) is 13.1. The Hall–Kier alpha value is -4.09. The van der Waals surface area contributed by atoms with Crippen molar-refractivity contribution in [3.63, 3.8) is 0 Å². The fourth-order valence-corrected chi connectivity index (χ4v) is 4.88. The number of carbonyl (C=O) groups excluding carboxylic acids is 1. The average Bonchev–Trinajstić information content (AvgIpc) is 3.32. The molecule has 6 heteroatoms. The van der Waals surface area contributed by atoms with Crippen molar-refractivity contribution < 1.29 is 9.53 Å². The minimum absolute atomic E-state index is 0.0156. The number of ether oxygens (including phenoxy) is 1. The Balaban J connectivity index is 1.12. The van der Waals surface area contributed by atoms with Gasteiger partial charge >= 0.3 is 0 Å². The zero-order chi connectivity index (χ0) is 26.9. The van der Waals surface area contributed by atoms with Crippen LogP contribution in [-0.4, -0.2) is 28.6 Å². The fourth-order valence-electron chi connectivity index (χ4n) is 4.69. The molecule has 0 spiro atoms. The third kappa shape index (κ3) is 7.06. The van der Waals surface area contributed by atoms with Crippen LogP contribution in [0.1, 0.15) is 24.2 Å². The summed E-state index contributed by atoms with van der Waals surface area (Å²) in [5, 5.41) is 3.70. The number of imidazole rings is 1. The number of halogens is 1. The number of nitrogens with one attached hydrogen (secondary N) is 1. The van der Waals surface area contributed by atoms with Gasteiger partial charge in [0.1, 0.15) is 11.6 Å². The SMILES string of the molecule is O=C(Cc1ccc(-c2ccccc2)cc1)NCCc1nc2ccccc2n1CCCCOc1ccccc1Cl. The number of carbonyl (C=O) groups is 1. The Morgan fingerprint density at radius 3 is 2.36 bits per heavy atom. The van der Waals surface area contributed by atoms with E-state index in [1.54, 1.807) is 0 Å². The van der Waals surface area contributed by atoms with Crippen molar-refractivity contribution in [3.8, 4) is 16.9 Å². The van der Waals surface area contributed by atoms with E-state index < -0.39 is 0 Å². The van der Waals surface area contributed by atoms with Gasteiger partial charge in [-0.1, -0.05) is 90.5 Å². The molecule has 0 fully saturated rings. The summed E-state index contributed by atoms with van der Waals surface area (Å²) < 4.78 is 8.10. The lowest BCUT2D eigenvalue weighted by molar-refractivity contribution is -0.120. The van der Waals surface area contributed by atoms with Gasteiger partial charge in [-0.05, 0) is 53.8 Å². The number of aromatic nitrogens is 2. The van der Waals surface area contributed by atoms with E-state index in [4.69, 9.17) is 21.3 Å². The van der Waals surface area contributed by atoms with E-state index in [0.29, 0.717) is 31.0 Å². The van der Waals surface area contributed by atoms with Crippen molar-refractivity contribution in [2.75, 3.05) is 13.2 Å². The molecule has 5 nitrogen and oxygen atoms in total. The van der Waals surface area contributed by atoms with Gasteiger partial charge in [-0.2, -0.15) is 0 Å². The third-order valence-electron chi connectivity index (χ3n) is 6.70. The summed E-state index contributed by atoms with van der Waals surface area (Å²) in [5.74, 6) is 1.72. The minimum Gasteiger partial charge on any atom is -0.492 e. The molecule has 0 aliphatic rings. The van der Waals surface area contributed by atoms with Crippen LogP contribution in [0, 0.1) is 0 Å². The normalized spacial score (nSPS) is 11.0. The number of amides is 1. The lowest BCUT2D eigenvalue weighted by atomic mass is 10.0. The molecule has 0 aliphatic carbocycles. The largest absolute Gasteiger partial charge is 0.492 e. The molecule has 0 radical (unpaired) electrons. The summed E-state index contributed by atoms with van der Waals surface area (Å²) in [6.07, 6.45) is 2.88. The number of fused-ring (bicyclic) bond motifs is 1. The van der Waals surface area contributed by atoms with Crippen LogP contribution in [0.4, 0.5) is 0 Å². The molecule has 0 unspecified atom stereocenters. The molecule has 1 heterocycles. The van der Waals surface area contributed by atoms with Crippen molar-refractivity contribution in [1.82, 2.24) is 14.9 Å². The molecule has 0 saturated heterocycles. The molecular formula is C33H32ClN3O2. The van der Waals surface area contributed by atoms with Crippen LogP contribution in [0.15, 0.2) is 103 Å². The third-order valence-corrected chi connectivity index (χ3v) is 7.01. The molecule has 5 aromatic rings. The van der Waals surface area contributed by atoms with Gasteiger partial charge in [-0.3, -0.25) is 4.79 Å². The van der Waals surface area contributed by atoms with Gasteiger partial charge in [0, 0.05) is 19.5 Å². The second-order valence-electron chi connectivity index (χ2n) is 9.49. The van der Waals surface area contributed by atoms with Crippen LogP contribution in [0.2, 0.25) is 5.02 Å². The predicted molar refractivity (Wildman–Crippen MR) is 158 cm³/mol. The standard InChI is InChI=1S/C33H32ClN3O2/c34-28-12-4-7-15-31(28)39-23-9-8-22-37-30-14-6-5-13-29(30)36-32(37)20-21-35-33(38)24-25-16-18-27(19-17-25)26-10-2-1-3-11-26/h1-7,10-19H,8-9,20-24H2,(H,35,38). The Morgan fingerprint density at radius 1 is 0.821 bits per heavy atom. The molecule has 5 rings (SSSR count). The van der Waals surface area contributed by atoms with Crippen molar-refractivity contribution >= 4 is 28.5 Å². The van der Waals surface area contributed by atoms with E-state index in [9.17, 15) is 4.79 Å². The Bertz CT molecular complexity index is 1510. The number of unbranched alkanes of at least 4 members (excludes halogenated alkanes) is 1. The van der Waals surface area contributed by atoms with E-state index in [-0.39, 0.29) is 5.91 Å². The average molecular weight is 538 g/mol. The molecule has 0 bridgehead atoms. The highest BCUT2D eigenvalue weighted by atomic mass is 35.5. The van der Waals surface area contributed by atoms with Crippen molar-refractivity contribution in [2.45, 2.75) is 32.2 Å². The number of benzene rings is 4. The lowest BCUT2D eigenvalue weighted by Crippen LogP contribution is -2.28. The number of hydrogen-bond donors (Lipinski definition) is 1. The first kappa shape index (κ1) is 26.5. The maximum Gasteiger partial charge on any atom is 0.224 e. The maximum atomic E-state index is 12.6. The molecule has 1 N–H and O–H groups in total. The number of nitrogens with zero attached hydrogens (tertiary/aromatic N) is 2. The van der Waals surface area contributed by atoms with Crippen molar-refractivity contribution in [1.29, 1.82) is 0 Å². The van der Waals surface area contributed by atoms with Crippen molar-refractivity contribution in [2.24, 2.45) is 0 Å². The van der Waals surface area contributed by atoms with Crippen LogP contribution < -0.4 is 10.1 Å². The Morgan fingerprint density at radius 2 is 1.54 bits per heavy atom. The van der Waals surface area contributed by atoms with Gasteiger partial charge < -0.3 is 14.6 Å². The zero-order valence-electron chi connectivity index (χ0n) is 21.9. The zero-order valence-corrected chi connectivity index (χ0v) is 22.6. The van der Waals surface area contributed by atoms with Gasteiger partial charge in [-0.15, -0.1) is 0 Å². The smallest absolute Gasteiger partial charge is 0.224 e. The molecule has 0 aliphatic heterocycles. The van der Waals surface area contributed by atoms with Crippen molar-refractivity contribution in [3.05, 3.63) is 120 Å². The van der Waals surface area contributed by atoms with Gasteiger partial charge in [0.2, 0.25) is 5.91 Å². The highest BCUT2D eigenvalue weighted by Crippen LogP contribution is 2.24. The maximum absolute atomic E-state index is 12.6. The quantitative estimate of drug-likeness (QED) is 0.172. The predicted octanol–water partition coefficient (Wildman–Crippen LogP) is 7.12. The van der Waals surface area contributed by atoms with E-state index in [1.807, 2.05) is 72.8 Å². The van der Waals surface area contributed by atoms with Crippen LogP contribution in [0.25, 0.3) is 22.2 Å². The van der Waals surface area contributed by atoms with E-state index >= 15 is 0 Å². The first-order valence-corrected chi connectivity index (χ1v) is 13.8. The number of para-hydroxylation sites is 3. The summed E-state index contributed by atoms with van der Waals surface area (Å²) in [7, 11) is 0. The van der Waals surface area contributed by atoms with Crippen LogP contribution in [0.3, 0.4) is 0 Å². The molecule has 0 atom stereocenters. The van der Waals surface area contributed by atoms with Crippen LogP contribution >= 0.6 is 11.6 Å². The first-order chi connectivity index (χ1) is 19.2. The number of hydrogen-bond acceptors (Lipinski definition) is 3. The Kier molecular flexibility index (Phi) is 8.92. The molecule has 1 aromatic heterocycles. The number of rotatable bonds is 12. The summed E-state index contributed by atoms with van der Waals surface area (Å²) in [6.45, 7) is 1.98. The summed E-state index contributed by atoms with van der Waals surface area (Å²) in [4.78, 5) is 17.5. The van der Waals surface area contributed by atoms with Gasteiger partial charge in [0.05, 0.1) is 29.1 Å². The topological polar surface area (TPSA) is 56.2 Å². The van der Waals surface area contributed by atoms with E-state index in [2.05, 4.69) is 40.2 Å². The highest BCUT2D eigenvalue weighted by molar-refractivity contribution is 6.32. The molecular weight excluding hydrogens is 506 g/mol. The van der Waals surface area contributed by atoms with Crippen LogP contribution in [0.5, 0.6) is 5.75 Å². The second-order valence-corrected chi connectivity index (χ2v) is 9.90. The fraction of sp³-hybridized carbons (Fsp3) is 0.212. The number of aryl methyl sites for hydroxylation is 1. The molecule has 0 saturated carbocycles. The van der Waals surface area contributed by atoms with Gasteiger partial charge in [0.25, 0.3) is 0 Å².